The number of nitrogens with two attached hydrogens (primary N) is 1. The van der Waals surface area contributed by atoms with Crippen molar-refractivity contribution in [1.82, 2.24) is 0 Å². The van der Waals surface area contributed by atoms with E-state index in [0.717, 1.165) is 31.4 Å². The summed E-state index contributed by atoms with van der Waals surface area (Å²) in [5.74, 6) is 0. The van der Waals surface area contributed by atoms with Gasteiger partial charge in [-0.2, -0.15) is 0 Å². The largest absolute Gasteiger partial charge is 0.378 e. The van der Waals surface area contributed by atoms with Gasteiger partial charge in [0, 0.05) is 12.6 Å². The predicted molar refractivity (Wildman–Crippen MR) is 76.3 cm³/mol. The zero-order valence-corrected chi connectivity index (χ0v) is 11.9. The Morgan fingerprint density at radius 2 is 2.22 bits per heavy atom. The van der Waals surface area contributed by atoms with Gasteiger partial charge in [0.2, 0.25) is 0 Å². The van der Waals surface area contributed by atoms with Crippen LogP contribution in [0.1, 0.15) is 31.2 Å². The first-order valence-corrected chi connectivity index (χ1v) is 7.22. The van der Waals surface area contributed by atoms with Crippen LogP contribution in [-0.2, 0) is 11.2 Å². The first kappa shape index (κ1) is 14.1. The summed E-state index contributed by atoms with van der Waals surface area (Å²) in [5.41, 5.74) is 7.18. The molecule has 1 aromatic carbocycles. The molecule has 4 heteroatoms. The van der Waals surface area contributed by atoms with Gasteiger partial charge in [-0.15, -0.1) is 0 Å². The Labute approximate surface area is 118 Å². The molecule has 2 unspecified atom stereocenters. The molecule has 0 spiro atoms. The topological polar surface area (TPSA) is 35.2 Å². The van der Waals surface area contributed by atoms with Gasteiger partial charge in [-0.05, 0) is 43.7 Å². The molecule has 0 aliphatic carbocycles. The van der Waals surface area contributed by atoms with Gasteiger partial charge in [0.1, 0.15) is 0 Å². The molecule has 1 aliphatic heterocycles. The van der Waals surface area contributed by atoms with E-state index in [1.807, 2.05) is 12.1 Å². The van der Waals surface area contributed by atoms with Crippen molar-refractivity contribution >= 4 is 23.2 Å². The summed E-state index contributed by atoms with van der Waals surface area (Å²) in [4.78, 5) is 0. The van der Waals surface area contributed by atoms with Crippen LogP contribution in [0.4, 0.5) is 0 Å². The van der Waals surface area contributed by atoms with Crippen LogP contribution in [0.3, 0.4) is 0 Å². The van der Waals surface area contributed by atoms with Crippen molar-refractivity contribution in [3.8, 4) is 0 Å². The Kier molecular flexibility index (Phi) is 5.31. The molecule has 2 atom stereocenters. The van der Waals surface area contributed by atoms with Crippen LogP contribution in [0.5, 0.6) is 0 Å². The summed E-state index contributed by atoms with van der Waals surface area (Å²) >= 11 is 12.1. The maximum absolute atomic E-state index is 6.15. The molecule has 100 valence electrons. The maximum Gasteiger partial charge on any atom is 0.0624 e. The second kappa shape index (κ2) is 6.76. The van der Waals surface area contributed by atoms with Crippen LogP contribution < -0.4 is 5.73 Å². The number of ether oxygens (including phenoxy) is 1. The van der Waals surface area contributed by atoms with Crippen molar-refractivity contribution in [2.24, 2.45) is 5.73 Å². The quantitative estimate of drug-likeness (QED) is 0.894. The zero-order valence-electron chi connectivity index (χ0n) is 10.4. The second-order valence-corrected chi connectivity index (χ2v) is 5.67. The summed E-state index contributed by atoms with van der Waals surface area (Å²) in [7, 11) is 0. The van der Waals surface area contributed by atoms with Gasteiger partial charge in [0.25, 0.3) is 0 Å². The first-order valence-electron chi connectivity index (χ1n) is 6.47. The molecule has 1 fully saturated rings. The molecule has 2 N–H and O–H groups in total. The van der Waals surface area contributed by atoms with Crippen molar-refractivity contribution in [1.29, 1.82) is 0 Å². The average Bonchev–Trinajstić information content (AvgIpc) is 2.86. The van der Waals surface area contributed by atoms with E-state index in [1.54, 1.807) is 6.07 Å². The smallest absolute Gasteiger partial charge is 0.0624 e. The number of rotatable bonds is 5. The number of halogens is 2. The molecule has 1 saturated heterocycles. The van der Waals surface area contributed by atoms with E-state index in [9.17, 15) is 0 Å². The number of hydrogen-bond donors (Lipinski definition) is 1. The summed E-state index contributed by atoms with van der Waals surface area (Å²) in [6, 6.07) is 5.81. The molecule has 2 rings (SSSR count). The van der Waals surface area contributed by atoms with Gasteiger partial charge >= 0.3 is 0 Å². The van der Waals surface area contributed by atoms with E-state index in [4.69, 9.17) is 33.7 Å². The third kappa shape index (κ3) is 3.86. The molecule has 18 heavy (non-hydrogen) atoms. The predicted octanol–water partition coefficient (Wildman–Crippen LogP) is 3.82. The second-order valence-electron chi connectivity index (χ2n) is 4.89. The van der Waals surface area contributed by atoms with Gasteiger partial charge in [-0.1, -0.05) is 35.3 Å². The van der Waals surface area contributed by atoms with Crippen molar-refractivity contribution in [3.05, 3.63) is 33.8 Å². The highest BCUT2D eigenvalue weighted by atomic mass is 35.5. The van der Waals surface area contributed by atoms with Crippen LogP contribution >= 0.6 is 23.2 Å². The van der Waals surface area contributed by atoms with Crippen molar-refractivity contribution in [3.63, 3.8) is 0 Å². The zero-order chi connectivity index (χ0) is 13.0. The normalized spacial score (nSPS) is 21.2. The highest BCUT2D eigenvalue weighted by Crippen LogP contribution is 2.27. The van der Waals surface area contributed by atoms with Gasteiger partial charge in [0.05, 0.1) is 16.1 Å². The maximum atomic E-state index is 6.15. The summed E-state index contributed by atoms with van der Waals surface area (Å²) in [6.45, 7) is 0.903. The lowest BCUT2D eigenvalue weighted by atomic mass is 10.00. The van der Waals surface area contributed by atoms with Crippen molar-refractivity contribution in [2.45, 2.75) is 44.2 Å². The Bertz CT molecular complexity index is 391. The van der Waals surface area contributed by atoms with E-state index in [0.29, 0.717) is 16.1 Å². The Morgan fingerprint density at radius 3 is 2.94 bits per heavy atom. The van der Waals surface area contributed by atoms with E-state index < -0.39 is 0 Å². The lowest BCUT2D eigenvalue weighted by Crippen LogP contribution is -2.24. The van der Waals surface area contributed by atoms with Crippen molar-refractivity contribution < 1.29 is 4.74 Å². The fourth-order valence-electron chi connectivity index (χ4n) is 2.36. The summed E-state index contributed by atoms with van der Waals surface area (Å²) in [6.07, 6.45) is 5.54. The fraction of sp³-hybridized carbons (Fsp3) is 0.571. The van der Waals surface area contributed by atoms with Crippen LogP contribution in [0, 0.1) is 0 Å². The highest BCUT2D eigenvalue weighted by molar-refractivity contribution is 6.42. The standard InChI is InChI=1S/C14H19Cl2NO/c15-13-5-1-3-10(14(13)16)9-11(17)6-7-12-4-2-8-18-12/h1,3,5,11-12H,2,4,6-9,17H2. The molecule has 1 heterocycles. The van der Waals surface area contributed by atoms with E-state index in [2.05, 4.69) is 0 Å². The van der Waals surface area contributed by atoms with E-state index >= 15 is 0 Å². The molecular formula is C14H19Cl2NO. The Hall–Kier alpha value is -0.280. The van der Waals surface area contributed by atoms with Gasteiger partial charge in [0.15, 0.2) is 0 Å². The lowest BCUT2D eigenvalue weighted by molar-refractivity contribution is 0.101. The third-order valence-corrected chi connectivity index (χ3v) is 4.26. The van der Waals surface area contributed by atoms with Gasteiger partial charge in [-0.3, -0.25) is 0 Å². The van der Waals surface area contributed by atoms with Crippen LogP contribution in [0.25, 0.3) is 0 Å². The SMILES string of the molecule is NC(CCC1CCCO1)Cc1cccc(Cl)c1Cl. The average molecular weight is 288 g/mol. The number of benzene rings is 1. The molecule has 0 bridgehead atoms. The minimum atomic E-state index is 0.116. The monoisotopic (exact) mass is 287 g/mol. The molecular weight excluding hydrogens is 269 g/mol. The molecule has 0 amide bonds. The van der Waals surface area contributed by atoms with Gasteiger partial charge in [-0.25, -0.2) is 0 Å². The minimum Gasteiger partial charge on any atom is -0.378 e. The third-order valence-electron chi connectivity index (χ3n) is 3.40. The van der Waals surface area contributed by atoms with E-state index in [1.165, 1.54) is 12.8 Å². The number of hydrogen-bond acceptors (Lipinski definition) is 2. The van der Waals surface area contributed by atoms with E-state index in [-0.39, 0.29) is 6.04 Å². The summed E-state index contributed by atoms with van der Waals surface area (Å²) in [5, 5.41) is 1.23. The van der Waals surface area contributed by atoms with Crippen molar-refractivity contribution in [2.75, 3.05) is 6.61 Å². The molecule has 0 aromatic heterocycles. The lowest BCUT2D eigenvalue weighted by Gasteiger charge is -2.15. The molecule has 2 nitrogen and oxygen atoms in total. The Balaban J connectivity index is 1.82. The Morgan fingerprint density at radius 1 is 1.39 bits per heavy atom. The minimum absolute atomic E-state index is 0.116. The fourth-order valence-corrected chi connectivity index (χ4v) is 2.76. The van der Waals surface area contributed by atoms with Gasteiger partial charge < -0.3 is 10.5 Å². The first-order chi connectivity index (χ1) is 8.66. The molecule has 1 aliphatic rings. The molecule has 0 radical (unpaired) electrons. The van der Waals surface area contributed by atoms with Crippen LogP contribution in [0.2, 0.25) is 10.0 Å². The molecule has 0 saturated carbocycles. The highest BCUT2D eigenvalue weighted by Gasteiger charge is 2.17. The summed E-state index contributed by atoms with van der Waals surface area (Å²) < 4.78 is 5.59. The van der Waals surface area contributed by atoms with Crippen LogP contribution in [0.15, 0.2) is 18.2 Å². The molecule has 1 aromatic rings. The van der Waals surface area contributed by atoms with Crippen LogP contribution in [-0.4, -0.2) is 18.8 Å².